The maximum atomic E-state index is 13.4. The molecule has 3 aromatic rings. The first-order chi connectivity index (χ1) is 15.1. The molecule has 2 amide bonds. The van der Waals surface area contributed by atoms with Crippen molar-refractivity contribution in [3.8, 4) is 11.5 Å². The molecular formula is C24H28N2O4S2. The zero-order valence-corrected chi connectivity index (χ0v) is 20.4. The lowest BCUT2D eigenvalue weighted by molar-refractivity contribution is -0.120. The number of nitrogens with zero attached hydrogens (tertiary/aromatic N) is 1. The number of nitrogens with one attached hydrogen (secondary N) is 1. The number of hydrogen-bond acceptors (Lipinski definition) is 5. The fraction of sp³-hybridized carbons (Fsp3) is 0.250. The molecule has 32 heavy (non-hydrogen) atoms. The third-order valence-corrected chi connectivity index (χ3v) is 7.61. The number of thiophene rings is 1. The van der Waals surface area contributed by atoms with E-state index in [-0.39, 0.29) is 17.6 Å². The van der Waals surface area contributed by atoms with E-state index in [2.05, 4.69) is 24.1 Å². The first-order valence-corrected chi connectivity index (χ1v) is 13.6. The quantitative estimate of drug-likeness (QED) is 0.509. The van der Waals surface area contributed by atoms with Crippen LogP contribution in [0.25, 0.3) is 0 Å². The van der Waals surface area contributed by atoms with Crippen molar-refractivity contribution < 1.29 is 19.4 Å². The molecule has 6 nitrogen and oxygen atoms in total. The van der Waals surface area contributed by atoms with Crippen LogP contribution in [0.5, 0.6) is 11.5 Å². The molecule has 1 unspecified atom stereocenters. The number of ether oxygens (including phenoxy) is 1. The highest BCUT2D eigenvalue weighted by atomic mass is 32.3. The molecular weight excluding hydrogens is 444 g/mol. The zero-order valence-electron chi connectivity index (χ0n) is 18.8. The Morgan fingerprint density at radius 1 is 1.06 bits per heavy atom. The van der Waals surface area contributed by atoms with E-state index in [1.54, 1.807) is 38.4 Å². The van der Waals surface area contributed by atoms with E-state index < -0.39 is 16.1 Å². The molecule has 0 aliphatic carbocycles. The SMILES string of the molecule is COc1ccc(C(C(=O)Nc2ccc(S(C)(C)C)cc2)N(C)C(=O)c2cc(O)cs2)cc1. The van der Waals surface area contributed by atoms with Gasteiger partial charge in [-0.25, -0.2) is 10.0 Å². The Morgan fingerprint density at radius 3 is 2.19 bits per heavy atom. The van der Waals surface area contributed by atoms with Crippen molar-refractivity contribution >= 4 is 38.9 Å². The maximum Gasteiger partial charge on any atom is 0.264 e. The van der Waals surface area contributed by atoms with E-state index in [4.69, 9.17) is 4.74 Å². The highest BCUT2D eigenvalue weighted by molar-refractivity contribution is 8.32. The number of likely N-dealkylation sites (N-methyl/N-ethyl adjacent to an activating group) is 1. The number of carbonyl (C=O) groups excluding carboxylic acids is 2. The largest absolute Gasteiger partial charge is 0.507 e. The first-order valence-electron chi connectivity index (χ1n) is 9.88. The van der Waals surface area contributed by atoms with Gasteiger partial charge in [0.05, 0.1) is 12.0 Å². The molecule has 0 bridgehead atoms. The van der Waals surface area contributed by atoms with Crippen molar-refractivity contribution in [3.05, 3.63) is 70.4 Å². The lowest BCUT2D eigenvalue weighted by atomic mass is 10.0. The van der Waals surface area contributed by atoms with Crippen molar-refractivity contribution in [1.82, 2.24) is 4.90 Å². The van der Waals surface area contributed by atoms with Crippen LogP contribution in [0.4, 0.5) is 5.69 Å². The van der Waals surface area contributed by atoms with Gasteiger partial charge < -0.3 is 20.1 Å². The molecule has 1 aromatic heterocycles. The third-order valence-electron chi connectivity index (χ3n) is 5.01. The van der Waals surface area contributed by atoms with Gasteiger partial charge in [-0.3, -0.25) is 9.59 Å². The van der Waals surface area contributed by atoms with Crippen LogP contribution in [0.15, 0.2) is 64.9 Å². The van der Waals surface area contributed by atoms with Gasteiger partial charge in [-0.05, 0) is 65.6 Å². The molecule has 8 heteroatoms. The molecule has 170 valence electrons. The lowest BCUT2D eigenvalue weighted by Gasteiger charge is -2.28. The molecule has 0 radical (unpaired) electrons. The summed E-state index contributed by atoms with van der Waals surface area (Å²) in [6, 6.07) is 15.4. The number of amides is 2. The van der Waals surface area contributed by atoms with Crippen molar-refractivity contribution in [3.63, 3.8) is 0 Å². The van der Waals surface area contributed by atoms with Gasteiger partial charge >= 0.3 is 0 Å². The Balaban J connectivity index is 1.90. The van der Waals surface area contributed by atoms with E-state index in [1.165, 1.54) is 21.2 Å². The van der Waals surface area contributed by atoms with Crippen LogP contribution < -0.4 is 10.1 Å². The van der Waals surface area contributed by atoms with Crippen LogP contribution in [-0.2, 0) is 4.79 Å². The van der Waals surface area contributed by atoms with Gasteiger partial charge in [-0.1, -0.05) is 12.1 Å². The minimum atomic E-state index is -0.870. The Labute approximate surface area is 194 Å². The number of benzene rings is 2. The second kappa shape index (κ2) is 9.67. The number of aromatic hydroxyl groups is 1. The lowest BCUT2D eigenvalue weighted by Crippen LogP contribution is -2.38. The molecule has 2 aromatic carbocycles. The Morgan fingerprint density at radius 2 is 1.69 bits per heavy atom. The molecule has 1 atom stereocenters. The van der Waals surface area contributed by atoms with E-state index in [0.29, 0.717) is 21.9 Å². The smallest absolute Gasteiger partial charge is 0.264 e. The van der Waals surface area contributed by atoms with Crippen LogP contribution in [0.1, 0.15) is 21.3 Å². The molecule has 0 aliphatic heterocycles. The third kappa shape index (κ3) is 5.44. The average Bonchev–Trinajstić information content (AvgIpc) is 3.19. The Hall–Kier alpha value is -2.97. The van der Waals surface area contributed by atoms with Gasteiger partial charge in [0.1, 0.15) is 17.5 Å². The van der Waals surface area contributed by atoms with Gasteiger partial charge in [0.25, 0.3) is 11.8 Å². The summed E-state index contributed by atoms with van der Waals surface area (Å²) in [5, 5.41) is 14.1. The number of methoxy groups -OCH3 is 1. The van der Waals surface area contributed by atoms with E-state index in [1.807, 2.05) is 24.3 Å². The number of anilines is 1. The molecule has 3 rings (SSSR count). The highest BCUT2D eigenvalue weighted by Gasteiger charge is 2.30. The van der Waals surface area contributed by atoms with E-state index >= 15 is 0 Å². The van der Waals surface area contributed by atoms with Crippen LogP contribution in [0, 0.1) is 0 Å². The second-order valence-electron chi connectivity index (χ2n) is 8.11. The van der Waals surface area contributed by atoms with Crippen molar-refractivity contribution in [2.45, 2.75) is 10.9 Å². The Bertz CT molecular complexity index is 1090. The minimum absolute atomic E-state index is 0.0262. The van der Waals surface area contributed by atoms with Crippen LogP contribution in [0.2, 0.25) is 0 Å². The van der Waals surface area contributed by atoms with Gasteiger partial charge in [-0.2, -0.15) is 0 Å². The van der Waals surface area contributed by atoms with Gasteiger partial charge in [0.15, 0.2) is 0 Å². The van der Waals surface area contributed by atoms with Crippen molar-refractivity contribution in [2.75, 3.05) is 38.2 Å². The molecule has 0 aliphatic rings. The zero-order chi connectivity index (χ0) is 23.5. The molecule has 0 spiro atoms. The molecule has 0 saturated heterocycles. The number of carbonyl (C=O) groups is 2. The fourth-order valence-electron chi connectivity index (χ4n) is 3.22. The van der Waals surface area contributed by atoms with E-state index in [9.17, 15) is 14.7 Å². The van der Waals surface area contributed by atoms with Crippen LogP contribution >= 0.6 is 21.4 Å². The molecule has 0 saturated carbocycles. The topological polar surface area (TPSA) is 78.9 Å². The molecule has 2 N–H and O–H groups in total. The van der Waals surface area contributed by atoms with Crippen molar-refractivity contribution in [1.29, 1.82) is 0 Å². The summed E-state index contributed by atoms with van der Waals surface area (Å²) < 4.78 is 5.22. The first kappa shape index (κ1) is 23.7. The average molecular weight is 473 g/mol. The fourth-order valence-corrected chi connectivity index (χ4v) is 4.93. The normalized spacial score (nSPS) is 12.7. The summed E-state index contributed by atoms with van der Waals surface area (Å²) in [6.45, 7) is 0. The maximum absolute atomic E-state index is 13.4. The summed E-state index contributed by atoms with van der Waals surface area (Å²) in [5.74, 6) is 0.00389. The Kier molecular flexibility index (Phi) is 7.16. The summed E-state index contributed by atoms with van der Waals surface area (Å²) in [6.07, 6.45) is 6.63. The van der Waals surface area contributed by atoms with Gasteiger partial charge in [0.2, 0.25) is 0 Å². The monoisotopic (exact) mass is 472 g/mol. The molecule has 0 fully saturated rings. The summed E-state index contributed by atoms with van der Waals surface area (Å²) >= 11 is 1.13. The molecule has 1 heterocycles. The second-order valence-corrected chi connectivity index (χ2v) is 13.2. The van der Waals surface area contributed by atoms with Gasteiger partial charge in [-0.15, -0.1) is 11.3 Å². The standard InChI is InChI=1S/C24H28N2O4S2/c1-26(24(29)21-14-18(27)15-31-21)22(16-6-10-19(30-2)11-7-16)23(28)25-17-8-12-20(13-9-17)32(3,4)5/h6-15,22,27H,1-5H3,(H,25,28). The number of hydrogen-bond donors (Lipinski definition) is 2. The predicted octanol–water partition coefficient (Wildman–Crippen LogP) is 4.97. The van der Waals surface area contributed by atoms with Crippen LogP contribution in [-0.4, -0.2) is 54.7 Å². The van der Waals surface area contributed by atoms with Crippen LogP contribution in [0.3, 0.4) is 0 Å². The van der Waals surface area contributed by atoms with Crippen molar-refractivity contribution in [2.24, 2.45) is 0 Å². The summed E-state index contributed by atoms with van der Waals surface area (Å²) in [5.41, 5.74) is 1.31. The predicted molar refractivity (Wildman–Crippen MR) is 133 cm³/mol. The minimum Gasteiger partial charge on any atom is -0.507 e. The van der Waals surface area contributed by atoms with Gasteiger partial charge in [0, 0.05) is 24.2 Å². The number of rotatable bonds is 7. The highest BCUT2D eigenvalue weighted by Crippen LogP contribution is 2.45. The summed E-state index contributed by atoms with van der Waals surface area (Å²) in [4.78, 5) is 29.4. The van der Waals surface area contributed by atoms with E-state index in [0.717, 1.165) is 11.3 Å². The summed E-state index contributed by atoms with van der Waals surface area (Å²) in [7, 11) is 2.29.